The molecule has 0 aliphatic rings. The lowest BCUT2D eigenvalue weighted by Gasteiger charge is -2.10. The van der Waals surface area contributed by atoms with Crippen LogP contribution in [0.4, 0.5) is 10.5 Å². The fraction of sp³-hybridized carbons (Fsp3) is 0.300. The summed E-state index contributed by atoms with van der Waals surface area (Å²) in [6.45, 7) is 1.43. The van der Waals surface area contributed by atoms with Crippen molar-refractivity contribution in [2.24, 2.45) is 0 Å². The number of rotatable bonds is 4. The molecular weight excluding hydrogens is 226 g/mol. The van der Waals surface area contributed by atoms with Crippen LogP contribution in [0.5, 0.6) is 0 Å². The Morgan fingerprint density at radius 2 is 2.24 bits per heavy atom. The van der Waals surface area contributed by atoms with Gasteiger partial charge in [0.05, 0.1) is 18.4 Å². The van der Waals surface area contributed by atoms with E-state index in [1.807, 2.05) is 0 Å². The zero-order valence-electron chi connectivity index (χ0n) is 9.17. The lowest BCUT2D eigenvalue weighted by molar-refractivity contribution is -0.146. The third-order valence-corrected chi connectivity index (χ3v) is 2.03. The van der Waals surface area contributed by atoms with E-state index in [1.165, 1.54) is 6.20 Å². The van der Waals surface area contributed by atoms with Gasteiger partial charge in [-0.05, 0) is 18.6 Å². The van der Waals surface area contributed by atoms with Crippen molar-refractivity contribution in [2.75, 3.05) is 11.9 Å². The van der Waals surface area contributed by atoms with E-state index in [9.17, 15) is 9.59 Å². The molecule has 1 aromatic rings. The van der Waals surface area contributed by atoms with E-state index >= 15 is 0 Å². The second-order valence-electron chi connectivity index (χ2n) is 3.38. The van der Waals surface area contributed by atoms with Crippen LogP contribution in [0.15, 0.2) is 18.5 Å². The standard InChI is InChI=1S/C10H13N3O4/c1-6-2-3-11-4-7(6)13-10(17)12-5-8(14)9(15)16/h2-4,8,14H,5H2,1H3,(H,15,16)(H2,12,13,17)/t8-/m0/s1. The average Bonchev–Trinajstić information content (AvgIpc) is 2.29. The number of aromatic nitrogens is 1. The van der Waals surface area contributed by atoms with E-state index in [2.05, 4.69) is 15.6 Å². The Labute approximate surface area is 97.5 Å². The summed E-state index contributed by atoms with van der Waals surface area (Å²) in [4.78, 5) is 25.5. The van der Waals surface area contributed by atoms with Crippen LogP contribution in [-0.2, 0) is 4.79 Å². The predicted octanol–water partition coefficient (Wildman–Crippen LogP) is -0.0430. The lowest BCUT2D eigenvalue weighted by atomic mass is 10.2. The number of aliphatic hydroxyl groups excluding tert-OH is 1. The molecule has 92 valence electrons. The third kappa shape index (κ3) is 4.07. The number of amides is 2. The Kier molecular flexibility index (Phi) is 4.41. The van der Waals surface area contributed by atoms with Crippen molar-refractivity contribution < 1.29 is 19.8 Å². The fourth-order valence-electron chi connectivity index (χ4n) is 1.04. The highest BCUT2D eigenvalue weighted by molar-refractivity contribution is 5.90. The van der Waals surface area contributed by atoms with Crippen molar-refractivity contribution in [3.63, 3.8) is 0 Å². The van der Waals surface area contributed by atoms with Crippen molar-refractivity contribution in [1.29, 1.82) is 0 Å². The van der Waals surface area contributed by atoms with Gasteiger partial charge < -0.3 is 20.8 Å². The lowest BCUT2D eigenvalue weighted by Crippen LogP contribution is -2.38. The summed E-state index contributed by atoms with van der Waals surface area (Å²) < 4.78 is 0. The Morgan fingerprint density at radius 1 is 1.53 bits per heavy atom. The zero-order valence-corrected chi connectivity index (χ0v) is 9.17. The topological polar surface area (TPSA) is 112 Å². The van der Waals surface area contributed by atoms with Crippen LogP contribution in [-0.4, -0.2) is 39.8 Å². The number of anilines is 1. The molecule has 1 atom stereocenters. The van der Waals surface area contributed by atoms with Crippen LogP contribution in [0.1, 0.15) is 5.56 Å². The number of nitrogens with zero attached hydrogens (tertiary/aromatic N) is 1. The van der Waals surface area contributed by atoms with Crippen LogP contribution < -0.4 is 10.6 Å². The molecule has 17 heavy (non-hydrogen) atoms. The Bertz CT molecular complexity index is 422. The van der Waals surface area contributed by atoms with Crippen molar-refractivity contribution in [3.05, 3.63) is 24.0 Å². The van der Waals surface area contributed by atoms with Gasteiger partial charge in [0, 0.05) is 6.20 Å². The Balaban J connectivity index is 2.46. The van der Waals surface area contributed by atoms with Crippen molar-refractivity contribution in [3.8, 4) is 0 Å². The first-order valence-corrected chi connectivity index (χ1v) is 4.87. The molecule has 0 aliphatic heterocycles. The van der Waals surface area contributed by atoms with E-state index in [0.29, 0.717) is 5.69 Å². The number of carbonyl (C=O) groups is 2. The fourth-order valence-corrected chi connectivity index (χ4v) is 1.04. The van der Waals surface area contributed by atoms with Gasteiger partial charge in [-0.3, -0.25) is 4.98 Å². The normalized spacial score (nSPS) is 11.6. The molecule has 1 rings (SSSR count). The van der Waals surface area contributed by atoms with Crippen LogP contribution >= 0.6 is 0 Å². The first-order valence-electron chi connectivity index (χ1n) is 4.87. The van der Waals surface area contributed by atoms with Crippen LogP contribution in [0.2, 0.25) is 0 Å². The molecule has 0 spiro atoms. The third-order valence-electron chi connectivity index (χ3n) is 2.03. The Hall–Kier alpha value is -2.15. The van der Waals surface area contributed by atoms with E-state index in [0.717, 1.165) is 5.56 Å². The van der Waals surface area contributed by atoms with Gasteiger partial charge in [0.15, 0.2) is 6.10 Å². The number of aryl methyl sites for hydroxylation is 1. The average molecular weight is 239 g/mol. The molecule has 0 aromatic carbocycles. The number of hydrogen-bond acceptors (Lipinski definition) is 4. The smallest absolute Gasteiger partial charge is 0.334 e. The monoisotopic (exact) mass is 239 g/mol. The van der Waals surface area contributed by atoms with Gasteiger partial charge in [0.25, 0.3) is 0 Å². The van der Waals surface area contributed by atoms with Crippen molar-refractivity contribution >= 4 is 17.7 Å². The molecule has 0 bridgehead atoms. The molecule has 2 amide bonds. The van der Waals surface area contributed by atoms with Gasteiger partial charge in [-0.1, -0.05) is 0 Å². The van der Waals surface area contributed by atoms with E-state index in [4.69, 9.17) is 10.2 Å². The molecule has 7 heteroatoms. The van der Waals surface area contributed by atoms with Crippen LogP contribution in [0, 0.1) is 6.92 Å². The van der Waals surface area contributed by atoms with Gasteiger partial charge in [0.2, 0.25) is 0 Å². The highest BCUT2D eigenvalue weighted by Gasteiger charge is 2.14. The van der Waals surface area contributed by atoms with E-state index in [1.54, 1.807) is 19.2 Å². The molecule has 1 aromatic heterocycles. The second kappa shape index (κ2) is 5.80. The summed E-state index contributed by atoms with van der Waals surface area (Å²) in [6.07, 6.45) is 1.45. The number of urea groups is 1. The maximum atomic E-state index is 11.3. The highest BCUT2D eigenvalue weighted by atomic mass is 16.4. The number of aliphatic hydroxyl groups is 1. The predicted molar refractivity (Wildman–Crippen MR) is 59.6 cm³/mol. The van der Waals surface area contributed by atoms with Gasteiger partial charge in [-0.15, -0.1) is 0 Å². The molecule has 0 saturated carbocycles. The maximum absolute atomic E-state index is 11.3. The minimum atomic E-state index is -1.62. The number of carbonyl (C=O) groups excluding carboxylic acids is 1. The largest absolute Gasteiger partial charge is 0.479 e. The summed E-state index contributed by atoms with van der Waals surface area (Å²) in [6, 6.07) is 1.13. The number of hydrogen-bond donors (Lipinski definition) is 4. The van der Waals surface area contributed by atoms with Crippen molar-refractivity contribution in [1.82, 2.24) is 10.3 Å². The highest BCUT2D eigenvalue weighted by Crippen LogP contribution is 2.10. The van der Waals surface area contributed by atoms with Gasteiger partial charge >= 0.3 is 12.0 Å². The summed E-state index contributed by atoms with van der Waals surface area (Å²) in [5.74, 6) is -1.39. The van der Waals surface area contributed by atoms with Crippen molar-refractivity contribution in [2.45, 2.75) is 13.0 Å². The SMILES string of the molecule is Cc1ccncc1NC(=O)NC[C@H](O)C(=O)O. The molecule has 0 saturated heterocycles. The summed E-state index contributed by atoms with van der Waals surface area (Å²) in [5, 5.41) is 22.1. The first-order chi connectivity index (χ1) is 8.00. The Morgan fingerprint density at radius 3 is 2.82 bits per heavy atom. The maximum Gasteiger partial charge on any atom is 0.334 e. The number of nitrogens with one attached hydrogen (secondary N) is 2. The van der Waals surface area contributed by atoms with E-state index in [-0.39, 0.29) is 6.54 Å². The van der Waals surface area contributed by atoms with Gasteiger partial charge in [-0.2, -0.15) is 0 Å². The summed E-state index contributed by atoms with van der Waals surface area (Å²) >= 11 is 0. The number of pyridine rings is 1. The summed E-state index contributed by atoms with van der Waals surface area (Å²) in [7, 11) is 0. The molecule has 4 N–H and O–H groups in total. The summed E-state index contributed by atoms with van der Waals surface area (Å²) in [5.41, 5.74) is 1.35. The van der Waals surface area contributed by atoms with Gasteiger partial charge in [-0.25, -0.2) is 9.59 Å². The van der Waals surface area contributed by atoms with Crippen LogP contribution in [0.25, 0.3) is 0 Å². The van der Waals surface area contributed by atoms with E-state index < -0.39 is 18.1 Å². The zero-order chi connectivity index (χ0) is 12.8. The number of carboxylic acid groups (broad SMARTS) is 1. The van der Waals surface area contributed by atoms with Gasteiger partial charge in [0.1, 0.15) is 0 Å². The number of carboxylic acids is 1. The minimum absolute atomic E-state index is 0.361. The number of aliphatic carboxylic acids is 1. The second-order valence-corrected chi connectivity index (χ2v) is 3.38. The minimum Gasteiger partial charge on any atom is -0.479 e. The molecule has 0 fully saturated rings. The molecule has 0 radical (unpaired) electrons. The quantitative estimate of drug-likeness (QED) is 0.589. The first kappa shape index (κ1) is 12.9. The van der Waals surface area contributed by atoms with Crippen LogP contribution in [0.3, 0.4) is 0 Å². The molecule has 0 unspecified atom stereocenters. The molecular formula is C10H13N3O4. The molecule has 0 aliphatic carbocycles. The molecule has 1 heterocycles. The molecule has 7 nitrogen and oxygen atoms in total.